The fraction of sp³-hybridized carbons (Fsp3) is 0.263. The van der Waals surface area contributed by atoms with Crippen LogP contribution >= 0.6 is 0 Å². The van der Waals surface area contributed by atoms with Gasteiger partial charge in [-0.2, -0.15) is 0 Å². The Morgan fingerprint density at radius 3 is 1.91 bits per heavy atom. The molecule has 0 N–H and O–H groups in total. The Kier molecular flexibility index (Phi) is 5.16. The van der Waals surface area contributed by atoms with E-state index in [1.807, 2.05) is 55.5 Å². The highest BCUT2D eigenvalue weighted by Gasteiger charge is 2.13. The van der Waals surface area contributed by atoms with Crippen molar-refractivity contribution < 1.29 is 9.59 Å². The molecule has 0 bridgehead atoms. The number of amides is 2. The van der Waals surface area contributed by atoms with Crippen LogP contribution in [-0.4, -0.2) is 25.9 Å². The summed E-state index contributed by atoms with van der Waals surface area (Å²) in [5, 5.41) is 0. The van der Waals surface area contributed by atoms with Gasteiger partial charge in [-0.1, -0.05) is 24.3 Å². The van der Waals surface area contributed by atoms with E-state index in [0.717, 1.165) is 22.5 Å². The van der Waals surface area contributed by atoms with Crippen molar-refractivity contribution in [3.8, 4) is 0 Å². The zero-order valence-corrected chi connectivity index (χ0v) is 14.0. The quantitative estimate of drug-likeness (QED) is 0.870. The van der Waals surface area contributed by atoms with Crippen LogP contribution in [0.5, 0.6) is 0 Å². The zero-order chi connectivity index (χ0) is 17.0. The number of nitrogens with zero attached hydrogens (tertiary/aromatic N) is 2. The molecule has 23 heavy (non-hydrogen) atoms. The molecular weight excluding hydrogens is 288 g/mol. The Hall–Kier alpha value is -2.62. The summed E-state index contributed by atoms with van der Waals surface area (Å²) in [5.41, 5.74) is 3.77. The Labute approximate surface area is 137 Å². The average Bonchev–Trinajstić information content (AvgIpc) is 2.55. The molecular formula is C19H22N2O2. The second-order valence-electron chi connectivity index (χ2n) is 5.65. The van der Waals surface area contributed by atoms with Gasteiger partial charge in [0.2, 0.25) is 11.8 Å². The van der Waals surface area contributed by atoms with Gasteiger partial charge in [-0.3, -0.25) is 9.59 Å². The molecule has 0 fully saturated rings. The van der Waals surface area contributed by atoms with Gasteiger partial charge in [0, 0.05) is 32.4 Å². The van der Waals surface area contributed by atoms with Crippen molar-refractivity contribution in [2.75, 3.05) is 23.9 Å². The van der Waals surface area contributed by atoms with Crippen molar-refractivity contribution in [2.45, 2.75) is 20.3 Å². The van der Waals surface area contributed by atoms with E-state index in [1.165, 1.54) is 6.92 Å². The molecule has 4 nitrogen and oxygen atoms in total. The smallest absolute Gasteiger partial charge is 0.231 e. The van der Waals surface area contributed by atoms with Crippen molar-refractivity contribution in [1.29, 1.82) is 0 Å². The molecule has 0 aliphatic rings. The van der Waals surface area contributed by atoms with Crippen LogP contribution < -0.4 is 9.80 Å². The number of aryl methyl sites for hydroxylation is 1. The van der Waals surface area contributed by atoms with E-state index in [1.54, 1.807) is 23.9 Å². The number of anilines is 2. The molecule has 0 aliphatic carbocycles. The molecule has 0 spiro atoms. The summed E-state index contributed by atoms with van der Waals surface area (Å²) in [6, 6.07) is 15.3. The molecule has 0 heterocycles. The van der Waals surface area contributed by atoms with Crippen molar-refractivity contribution >= 4 is 23.2 Å². The standard InChI is InChI=1S/C19H22N2O2/c1-14-7-5-6-8-16(14)13-19(23)21(4)18-11-9-17(10-12-18)20(3)15(2)22/h5-12H,13H2,1-4H3. The number of carbonyl (C=O) groups excluding carboxylic acids is 2. The van der Waals surface area contributed by atoms with Gasteiger partial charge in [0.1, 0.15) is 0 Å². The van der Waals surface area contributed by atoms with Crippen LogP contribution in [0.25, 0.3) is 0 Å². The summed E-state index contributed by atoms with van der Waals surface area (Å²) < 4.78 is 0. The van der Waals surface area contributed by atoms with Crippen LogP contribution in [0.2, 0.25) is 0 Å². The van der Waals surface area contributed by atoms with Crippen LogP contribution in [-0.2, 0) is 16.0 Å². The minimum Gasteiger partial charge on any atom is -0.316 e. The highest BCUT2D eigenvalue weighted by Crippen LogP contribution is 2.20. The summed E-state index contributed by atoms with van der Waals surface area (Å²) in [6.07, 6.45) is 0.373. The third kappa shape index (κ3) is 3.97. The van der Waals surface area contributed by atoms with Gasteiger partial charge in [-0.25, -0.2) is 0 Å². The third-order valence-corrected chi connectivity index (χ3v) is 4.07. The number of carbonyl (C=O) groups is 2. The molecule has 2 aromatic rings. The fourth-order valence-electron chi connectivity index (χ4n) is 2.32. The molecule has 0 radical (unpaired) electrons. The molecule has 0 saturated carbocycles. The maximum absolute atomic E-state index is 12.5. The first-order chi connectivity index (χ1) is 10.9. The highest BCUT2D eigenvalue weighted by atomic mass is 16.2. The minimum atomic E-state index is -0.0262. The van der Waals surface area contributed by atoms with Gasteiger partial charge in [0.05, 0.1) is 6.42 Å². The molecule has 120 valence electrons. The van der Waals surface area contributed by atoms with E-state index < -0.39 is 0 Å². The topological polar surface area (TPSA) is 40.6 Å². The minimum absolute atomic E-state index is 0.0262. The SMILES string of the molecule is CC(=O)N(C)c1ccc(N(C)C(=O)Cc2ccccc2C)cc1. The first kappa shape index (κ1) is 16.7. The van der Waals surface area contributed by atoms with Gasteiger partial charge in [-0.15, -0.1) is 0 Å². The molecule has 4 heteroatoms. The fourth-order valence-corrected chi connectivity index (χ4v) is 2.32. The molecule has 0 atom stereocenters. The van der Waals surface area contributed by atoms with Crippen LogP contribution in [0.1, 0.15) is 18.1 Å². The van der Waals surface area contributed by atoms with E-state index in [2.05, 4.69) is 0 Å². The predicted molar refractivity (Wildman–Crippen MR) is 93.8 cm³/mol. The molecule has 0 unspecified atom stereocenters. The third-order valence-electron chi connectivity index (χ3n) is 4.07. The van der Waals surface area contributed by atoms with Gasteiger partial charge in [0.25, 0.3) is 0 Å². The van der Waals surface area contributed by atoms with Crippen LogP contribution in [0, 0.1) is 6.92 Å². The van der Waals surface area contributed by atoms with Gasteiger partial charge in [0.15, 0.2) is 0 Å². The Morgan fingerprint density at radius 2 is 1.39 bits per heavy atom. The number of rotatable bonds is 4. The largest absolute Gasteiger partial charge is 0.316 e. The van der Waals surface area contributed by atoms with Crippen LogP contribution in [0.3, 0.4) is 0 Å². The molecule has 2 aromatic carbocycles. The first-order valence-corrected chi connectivity index (χ1v) is 7.55. The normalized spacial score (nSPS) is 10.3. The van der Waals surface area contributed by atoms with Crippen molar-refractivity contribution in [3.63, 3.8) is 0 Å². The molecule has 0 aromatic heterocycles. The van der Waals surface area contributed by atoms with Crippen molar-refractivity contribution in [1.82, 2.24) is 0 Å². The zero-order valence-electron chi connectivity index (χ0n) is 14.0. The summed E-state index contributed by atoms with van der Waals surface area (Å²) in [5.74, 6) is 0.00806. The Balaban J connectivity index is 2.10. The predicted octanol–water partition coefficient (Wildman–Crippen LogP) is 3.18. The summed E-state index contributed by atoms with van der Waals surface area (Å²) in [4.78, 5) is 27.0. The monoisotopic (exact) mass is 310 g/mol. The summed E-state index contributed by atoms with van der Waals surface area (Å²) in [7, 11) is 3.49. The van der Waals surface area contributed by atoms with E-state index in [-0.39, 0.29) is 11.8 Å². The van der Waals surface area contributed by atoms with Crippen LogP contribution in [0.15, 0.2) is 48.5 Å². The lowest BCUT2D eigenvalue weighted by Crippen LogP contribution is -2.28. The Morgan fingerprint density at radius 1 is 0.870 bits per heavy atom. The molecule has 0 saturated heterocycles. The molecule has 0 aliphatic heterocycles. The van der Waals surface area contributed by atoms with Gasteiger partial charge < -0.3 is 9.80 Å². The van der Waals surface area contributed by atoms with Crippen molar-refractivity contribution in [2.24, 2.45) is 0 Å². The summed E-state index contributed by atoms with van der Waals surface area (Å²) >= 11 is 0. The lowest BCUT2D eigenvalue weighted by Gasteiger charge is -2.20. The van der Waals surface area contributed by atoms with E-state index in [4.69, 9.17) is 0 Å². The maximum Gasteiger partial charge on any atom is 0.231 e. The maximum atomic E-state index is 12.5. The van der Waals surface area contributed by atoms with Crippen molar-refractivity contribution in [3.05, 3.63) is 59.7 Å². The second-order valence-corrected chi connectivity index (χ2v) is 5.65. The number of hydrogen-bond acceptors (Lipinski definition) is 2. The van der Waals surface area contributed by atoms with Gasteiger partial charge >= 0.3 is 0 Å². The van der Waals surface area contributed by atoms with Crippen LogP contribution in [0.4, 0.5) is 11.4 Å². The molecule has 2 amide bonds. The highest BCUT2D eigenvalue weighted by molar-refractivity contribution is 5.95. The lowest BCUT2D eigenvalue weighted by molar-refractivity contribution is -0.118. The number of hydrogen-bond donors (Lipinski definition) is 0. The molecule has 2 rings (SSSR count). The first-order valence-electron chi connectivity index (χ1n) is 7.55. The average molecular weight is 310 g/mol. The lowest BCUT2D eigenvalue weighted by atomic mass is 10.1. The Bertz CT molecular complexity index is 708. The summed E-state index contributed by atoms with van der Waals surface area (Å²) in [6.45, 7) is 3.53. The van der Waals surface area contributed by atoms with E-state index in [0.29, 0.717) is 6.42 Å². The number of likely N-dealkylation sites (N-methyl/N-ethyl adjacent to an activating group) is 1. The second kappa shape index (κ2) is 7.09. The van der Waals surface area contributed by atoms with Gasteiger partial charge in [-0.05, 0) is 42.3 Å². The number of benzene rings is 2. The van der Waals surface area contributed by atoms with E-state index in [9.17, 15) is 9.59 Å². The van der Waals surface area contributed by atoms with E-state index >= 15 is 0 Å².